The fourth-order valence-corrected chi connectivity index (χ4v) is 1.51. The maximum absolute atomic E-state index is 5.16. The topological polar surface area (TPSA) is 21.3 Å². The van der Waals surface area contributed by atoms with Gasteiger partial charge in [0.15, 0.2) is 0 Å². The van der Waals surface area contributed by atoms with E-state index in [-0.39, 0.29) is 0 Å². The summed E-state index contributed by atoms with van der Waals surface area (Å²) < 4.78 is 5.16. The average molecular weight is 125 g/mol. The summed E-state index contributed by atoms with van der Waals surface area (Å²) in [7, 11) is 0. The van der Waals surface area contributed by atoms with Crippen LogP contribution in [0.2, 0.25) is 0 Å². The summed E-state index contributed by atoms with van der Waals surface area (Å²) in [6.07, 6.45) is 5.19. The number of nitrogens with one attached hydrogen (secondary N) is 1. The van der Waals surface area contributed by atoms with Gasteiger partial charge in [-0.15, -0.1) is 0 Å². The first-order valence-corrected chi connectivity index (χ1v) is 3.48. The Morgan fingerprint density at radius 1 is 1.56 bits per heavy atom. The molecule has 1 saturated heterocycles. The summed E-state index contributed by atoms with van der Waals surface area (Å²) in [5, 5.41) is 3.39. The van der Waals surface area contributed by atoms with Gasteiger partial charge in [0.25, 0.3) is 0 Å². The van der Waals surface area contributed by atoms with Crippen LogP contribution in [0.1, 0.15) is 6.42 Å². The molecule has 2 heterocycles. The summed E-state index contributed by atoms with van der Waals surface area (Å²) in [6.45, 7) is 2.07. The Kier molecular flexibility index (Phi) is 1.19. The van der Waals surface area contributed by atoms with Crippen molar-refractivity contribution in [2.24, 2.45) is 5.92 Å². The lowest BCUT2D eigenvalue weighted by molar-refractivity contribution is 0.173. The molecule has 1 fully saturated rings. The van der Waals surface area contributed by atoms with E-state index in [9.17, 15) is 0 Å². The maximum Gasteiger partial charge on any atom is 0.0919 e. The molecule has 2 heteroatoms. The highest BCUT2D eigenvalue weighted by Crippen LogP contribution is 2.19. The molecule has 50 valence electrons. The zero-order valence-corrected chi connectivity index (χ0v) is 5.34. The molecule has 0 bridgehead atoms. The van der Waals surface area contributed by atoms with E-state index in [0.717, 1.165) is 19.1 Å². The molecule has 9 heavy (non-hydrogen) atoms. The third-order valence-corrected chi connectivity index (χ3v) is 2.10. The highest BCUT2D eigenvalue weighted by atomic mass is 16.5. The van der Waals surface area contributed by atoms with Gasteiger partial charge in [0.2, 0.25) is 0 Å². The molecule has 0 amide bonds. The first-order chi connectivity index (χ1) is 4.47. The number of fused-ring (bicyclic) bond motifs is 1. The zero-order chi connectivity index (χ0) is 6.10. The van der Waals surface area contributed by atoms with Crippen LogP contribution in [-0.4, -0.2) is 19.2 Å². The largest absolute Gasteiger partial charge is 0.501 e. The normalized spacial score (nSPS) is 40.0. The second kappa shape index (κ2) is 2.03. The van der Waals surface area contributed by atoms with Crippen LogP contribution in [0.4, 0.5) is 0 Å². The number of ether oxygens (including phenoxy) is 1. The van der Waals surface area contributed by atoms with Crippen LogP contribution in [0.25, 0.3) is 0 Å². The molecule has 2 atom stereocenters. The molecule has 2 aliphatic rings. The lowest BCUT2D eigenvalue weighted by atomic mass is 10.0. The Morgan fingerprint density at radius 3 is 3.44 bits per heavy atom. The van der Waals surface area contributed by atoms with Gasteiger partial charge in [-0.25, -0.2) is 0 Å². The number of hydrogen-bond acceptors (Lipinski definition) is 2. The summed E-state index contributed by atoms with van der Waals surface area (Å²) >= 11 is 0. The second-order valence-corrected chi connectivity index (χ2v) is 2.69. The van der Waals surface area contributed by atoms with Gasteiger partial charge in [-0.3, -0.25) is 0 Å². The molecule has 0 spiro atoms. The maximum atomic E-state index is 5.16. The molecule has 2 nitrogen and oxygen atoms in total. The third-order valence-electron chi connectivity index (χ3n) is 2.10. The monoisotopic (exact) mass is 125 g/mol. The van der Waals surface area contributed by atoms with Gasteiger partial charge in [0.05, 0.1) is 12.9 Å². The lowest BCUT2D eigenvalue weighted by Gasteiger charge is -2.19. The van der Waals surface area contributed by atoms with Crippen molar-refractivity contribution in [1.82, 2.24) is 5.32 Å². The summed E-state index contributed by atoms with van der Waals surface area (Å²) in [5.74, 6) is 0.745. The third kappa shape index (κ3) is 0.833. The fraction of sp³-hybridized carbons (Fsp3) is 0.714. The van der Waals surface area contributed by atoms with E-state index in [0.29, 0.717) is 6.04 Å². The average Bonchev–Trinajstić information content (AvgIpc) is 2.33. The van der Waals surface area contributed by atoms with Crippen LogP contribution in [-0.2, 0) is 4.74 Å². The van der Waals surface area contributed by atoms with Crippen LogP contribution < -0.4 is 5.32 Å². The van der Waals surface area contributed by atoms with E-state index in [4.69, 9.17) is 4.74 Å². The molecule has 0 aromatic rings. The molecule has 0 saturated carbocycles. The molecule has 0 aromatic heterocycles. The van der Waals surface area contributed by atoms with E-state index in [1.165, 1.54) is 6.42 Å². The van der Waals surface area contributed by atoms with Crippen LogP contribution in [0, 0.1) is 5.92 Å². The first-order valence-electron chi connectivity index (χ1n) is 3.48. The minimum absolute atomic E-state index is 0.610. The summed E-state index contributed by atoms with van der Waals surface area (Å²) in [5.41, 5.74) is 0. The first kappa shape index (κ1) is 5.30. The van der Waals surface area contributed by atoms with Crippen molar-refractivity contribution in [3.05, 3.63) is 12.3 Å². The van der Waals surface area contributed by atoms with Crippen molar-refractivity contribution in [1.29, 1.82) is 0 Å². The predicted octanol–water partition coefficient (Wildman–Crippen LogP) is 0.508. The van der Waals surface area contributed by atoms with Gasteiger partial charge in [-0.2, -0.15) is 0 Å². The van der Waals surface area contributed by atoms with Gasteiger partial charge in [-0.05, 0) is 19.0 Å². The van der Waals surface area contributed by atoms with E-state index < -0.39 is 0 Å². The summed E-state index contributed by atoms with van der Waals surface area (Å²) in [4.78, 5) is 0. The zero-order valence-electron chi connectivity index (χ0n) is 5.34. The Balaban J connectivity index is 2.10. The van der Waals surface area contributed by atoms with E-state index in [1.807, 2.05) is 0 Å². The van der Waals surface area contributed by atoms with Gasteiger partial charge in [0, 0.05) is 12.0 Å². The fourth-order valence-electron chi connectivity index (χ4n) is 1.51. The Morgan fingerprint density at radius 2 is 2.56 bits per heavy atom. The van der Waals surface area contributed by atoms with Crippen molar-refractivity contribution in [2.75, 3.05) is 13.2 Å². The smallest absolute Gasteiger partial charge is 0.0919 e. The lowest BCUT2D eigenvalue weighted by Crippen LogP contribution is -2.29. The molecule has 1 N–H and O–H groups in total. The van der Waals surface area contributed by atoms with Crippen molar-refractivity contribution in [3.8, 4) is 0 Å². The van der Waals surface area contributed by atoms with Crippen molar-refractivity contribution >= 4 is 0 Å². The Bertz CT molecular complexity index is 133. The number of rotatable bonds is 0. The molecule has 0 aliphatic carbocycles. The molecule has 2 aliphatic heterocycles. The van der Waals surface area contributed by atoms with Crippen LogP contribution >= 0.6 is 0 Å². The van der Waals surface area contributed by atoms with Crippen LogP contribution in [0.3, 0.4) is 0 Å². The van der Waals surface area contributed by atoms with Crippen molar-refractivity contribution in [3.63, 3.8) is 0 Å². The Hall–Kier alpha value is -0.500. The van der Waals surface area contributed by atoms with E-state index in [2.05, 4.69) is 11.4 Å². The second-order valence-electron chi connectivity index (χ2n) is 2.69. The number of hydrogen-bond donors (Lipinski definition) is 1. The molecule has 0 aromatic carbocycles. The quantitative estimate of drug-likeness (QED) is 0.509. The van der Waals surface area contributed by atoms with Gasteiger partial charge >= 0.3 is 0 Å². The Labute approximate surface area is 54.9 Å². The standard InChI is InChI=1S/C7H11NO/c1-3-8-7-2-4-9-5-6(1)7/h2,4,6-8H,1,3,5H2. The molecule has 2 unspecified atom stereocenters. The molecular weight excluding hydrogens is 114 g/mol. The highest BCUT2D eigenvalue weighted by Gasteiger charge is 2.26. The van der Waals surface area contributed by atoms with E-state index in [1.54, 1.807) is 6.26 Å². The van der Waals surface area contributed by atoms with Crippen LogP contribution in [0.5, 0.6) is 0 Å². The highest BCUT2D eigenvalue weighted by molar-refractivity contribution is 5.00. The molecule has 0 radical (unpaired) electrons. The molecule has 2 rings (SSSR count). The van der Waals surface area contributed by atoms with Gasteiger partial charge < -0.3 is 10.1 Å². The predicted molar refractivity (Wildman–Crippen MR) is 35.0 cm³/mol. The van der Waals surface area contributed by atoms with Crippen LogP contribution in [0.15, 0.2) is 12.3 Å². The minimum Gasteiger partial charge on any atom is -0.501 e. The summed E-state index contributed by atoms with van der Waals surface area (Å²) in [6, 6.07) is 0.610. The van der Waals surface area contributed by atoms with Gasteiger partial charge in [0.1, 0.15) is 0 Å². The molecular formula is C7H11NO. The van der Waals surface area contributed by atoms with Gasteiger partial charge in [-0.1, -0.05) is 0 Å². The van der Waals surface area contributed by atoms with E-state index >= 15 is 0 Å². The van der Waals surface area contributed by atoms with Crippen molar-refractivity contribution in [2.45, 2.75) is 12.5 Å². The minimum atomic E-state index is 0.610. The SMILES string of the molecule is C1=CC2NCCC2CO1. The van der Waals surface area contributed by atoms with Crippen molar-refractivity contribution < 1.29 is 4.74 Å².